The Labute approximate surface area is 136 Å². The molecular formula is C15H17F3N2O4. The second-order valence-corrected chi connectivity index (χ2v) is 5.42. The van der Waals surface area contributed by atoms with Gasteiger partial charge >= 0.3 is 12.1 Å². The van der Waals surface area contributed by atoms with Gasteiger partial charge in [-0.3, -0.25) is 9.69 Å². The minimum Gasteiger partial charge on any atom is -0.482 e. The van der Waals surface area contributed by atoms with Crippen molar-refractivity contribution in [2.24, 2.45) is 0 Å². The van der Waals surface area contributed by atoms with Crippen molar-refractivity contribution in [1.82, 2.24) is 9.80 Å². The zero-order chi connectivity index (χ0) is 17.7. The molecule has 1 aromatic rings. The number of amides is 1. The summed E-state index contributed by atoms with van der Waals surface area (Å²) >= 11 is 0. The van der Waals surface area contributed by atoms with Gasteiger partial charge in [0, 0.05) is 38.3 Å². The lowest BCUT2D eigenvalue weighted by molar-refractivity contribution is -0.140. The van der Waals surface area contributed by atoms with E-state index in [1.807, 2.05) is 4.90 Å². The maximum Gasteiger partial charge on any atom is 0.416 e. The number of aliphatic carboxylic acids is 1. The molecule has 2 rings (SSSR count). The fourth-order valence-electron chi connectivity index (χ4n) is 2.43. The van der Waals surface area contributed by atoms with Crippen molar-refractivity contribution >= 4 is 12.4 Å². The average molecular weight is 346 g/mol. The summed E-state index contributed by atoms with van der Waals surface area (Å²) in [5, 5.41) is 8.67. The van der Waals surface area contributed by atoms with E-state index in [4.69, 9.17) is 9.84 Å². The molecule has 9 heteroatoms. The monoisotopic (exact) mass is 346 g/mol. The summed E-state index contributed by atoms with van der Waals surface area (Å²) in [5.41, 5.74) is -0.544. The minimum absolute atomic E-state index is 0.114. The van der Waals surface area contributed by atoms with Gasteiger partial charge in [-0.15, -0.1) is 0 Å². The third-order valence-corrected chi connectivity index (χ3v) is 3.69. The molecule has 0 bridgehead atoms. The second kappa shape index (κ2) is 7.52. The van der Waals surface area contributed by atoms with Crippen LogP contribution >= 0.6 is 0 Å². The first kappa shape index (κ1) is 18.1. The van der Waals surface area contributed by atoms with Crippen LogP contribution < -0.4 is 4.74 Å². The molecule has 1 aliphatic rings. The topological polar surface area (TPSA) is 70.1 Å². The van der Waals surface area contributed by atoms with Crippen LogP contribution in [0.4, 0.5) is 13.2 Å². The molecule has 1 aromatic carbocycles. The SMILES string of the molecule is O=CN1CCN(Cc2cc(C(F)(F)F)ccc2OCC(=O)O)CC1. The Hall–Kier alpha value is -2.29. The van der Waals surface area contributed by atoms with Gasteiger partial charge in [0.15, 0.2) is 6.61 Å². The third kappa shape index (κ3) is 4.85. The van der Waals surface area contributed by atoms with Crippen LogP contribution in [-0.4, -0.2) is 60.1 Å². The van der Waals surface area contributed by atoms with Gasteiger partial charge in [0.25, 0.3) is 0 Å². The molecule has 132 valence electrons. The molecule has 0 aromatic heterocycles. The number of carboxylic acids is 1. The Bertz CT molecular complexity index is 599. The van der Waals surface area contributed by atoms with Gasteiger partial charge in [0.2, 0.25) is 6.41 Å². The lowest BCUT2D eigenvalue weighted by Gasteiger charge is -2.32. The highest BCUT2D eigenvalue weighted by Gasteiger charge is 2.31. The molecular weight excluding hydrogens is 329 g/mol. The van der Waals surface area contributed by atoms with Crippen LogP contribution in [0.15, 0.2) is 18.2 Å². The largest absolute Gasteiger partial charge is 0.482 e. The van der Waals surface area contributed by atoms with Gasteiger partial charge < -0.3 is 14.7 Å². The molecule has 24 heavy (non-hydrogen) atoms. The van der Waals surface area contributed by atoms with Crippen LogP contribution in [-0.2, 0) is 22.3 Å². The lowest BCUT2D eigenvalue weighted by atomic mass is 10.1. The molecule has 0 saturated carbocycles. The molecule has 6 nitrogen and oxygen atoms in total. The standard InChI is InChI=1S/C15H17F3N2O4/c16-15(17,18)12-1-2-13(24-9-14(22)23)11(7-12)8-19-3-5-20(10-21)6-4-19/h1-2,7,10H,3-6,8-9H2,(H,22,23). The van der Waals surface area contributed by atoms with Crippen molar-refractivity contribution in [3.05, 3.63) is 29.3 Å². The van der Waals surface area contributed by atoms with Crippen LogP contribution in [0.3, 0.4) is 0 Å². The van der Waals surface area contributed by atoms with E-state index in [9.17, 15) is 22.8 Å². The highest BCUT2D eigenvalue weighted by atomic mass is 19.4. The van der Waals surface area contributed by atoms with E-state index in [2.05, 4.69) is 0 Å². The number of halogens is 3. The number of piperazine rings is 1. The van der Waals surface area contributed by atoms with E-state index in [-0.39, 0.29) is 17.9 Å². The summed E-state index contributed by atoms with van der Waals surface area (Å²) in [6, 6.07) is 2.98. The molecule has 1 fully saturated rings. The van der Waals surface area contributed by atoms with Crippen LogP contribution in [0.1, 0.15) is 11.1 Å². The first-order valence-electron chi connectivity index (χ1n) is 7.26. The molecule has 0 spiro atoms. The average Bonchev–Trinajstić information content (AvgIpc) is 2.53. The molecule has 0 atom stereocenters. The number of carbonyl (C=O) groups excluding carboxylic acids is 1. The van der Waals surface area contributed by atoms with Crippen LogP contribution in [0.2, 0.25) is 0 Å². The van der Waals surface area contributed by atoms with Crippen molar-refractivity contribution < 1.29 is 32.6 Å². The Balaban J connectivity index is 2.17. The van der Waals surface area contributed by atoms with E-state index in [0.29, 0.717) is 26.2 Å². The maximum absolute atomic E-state index is 12.9. The van der Waals surface area contributed by atoms with Crippen molar-refractivity contribution in [2.45, 2.75) is 12.7 Å². The molecule has 0 aliphatic carbocycles. The van der Waals surface area contributed by atoms with Crippen LogP contribution in [0, 0.1) is 0 Å². The summed E-state index contributed by atoms with van der Waals surface area (Å²) < 4.78 is 43.8. The number of hydrogen-bond donors (Lipinski definition) is 1. The van der Waals surface area contributed by atoms with Crippen molar-refractivity contribution in [1.29, 1.82) is 0 Å². The van der Waals surface area contributed by atoms with E-state index in [0.717, 1.165) is 24.6 Å². The van der Waals surface area contributed by atoms with Crippen molar-refractivity contribution in [3.63, 3.8) is 0 Å². The molecule has 0 unspecified atom stereocenters. The van der Waals surface area contributed by atoms with Gasteiger partial charge in [0.1, 0.15) is 5.75 Å². The van der Waals surface area contributed by atoms with E-state index < -0.39 is 24.3 Å². The van der Waals surface area contributed by atoms with Crippen molar-refractivity contribution in [3.8, 4) is 5.75 Å². The van der Waals surface area contributed by atoms with E-state index in [1.54, 1.807) is 4.90 Å². The molecule has 1 N–H and O–H groups in total. The highest BCUT2D eigenvalue weighted by Crippen LogP contribution is 2.33. The summed E-state index contributed by atoms with van der Waals surface area (Å²) in [6.45, 7) is 1.59. The van der Waals surface area contributed by atoms with Gasteiger partial charge in [0.05, 0.1) is 5.56 Å². The maximum atomic E-state index is 12.9. The summed E-state index contributed by atoms with van der Waals surface area (Å²) in [4.78, 5) is 24.8. The highest BCUT2D eigenvalue weighted by molar-refractivity contribution is 5.68. The summed E-state index contributed by atoms with van der Waals surface area (Å²) in [6.07, 6.45) is -3.75. The zero-order valence-corrected chi connectivity index (χ0v) is 12.8. The molecule has 1 amide bonds. The molecule has 0 radical (unpaired) electrons. The fourth-order valence-corrected chi connectivity index (χ4v) is 2.43. The number of alkyl halides is 3. The van der Waals surface area contributed by atoms with Gasteiger partial charge in [-0.25, -0.2) is 4.79 Å². The first-order valence-corrected chi connectivity index (χ1v) is 7.26. The number of ether oxygens (including phenoxy) is 1. The number of rotatable bonds is 6. The predicted octanol–water partition coefficient (Wildman–Crippen LogP) is 1.44. The van der Waals surface area contributed by atoms with Crippen LogP contribution in [0.25, 0.3) is 0 Å². The number of benzene rings is 1. The van der Waals surface area contributed by atoms with Gasteiger partial charge in [-0.05, 0) is 18.2 Å². The normalized spacial score (nSPS) is 16.0. The Morgan fingerprint density at radius 2 is 1.92 bits per heavy atom. The third-order valence-electron chi connectivity index (χ3n) is 3.69. The molecule has 1 aliphatic heterocycles. The van der Waals surface area contributed by atoms with Crippen molar-refractivity contribution in [2.75, 3.05) is 32.8 Å². The molecule has 1 heterocycles. The Morgan fingerprint density at radius 1 is 1.25 bits per heavy atom. The fraction of sp³-hybridized carbons (Fsp3) is 0.467. The number of nitrogens with zero attached hydrogens (tertiary/aromatic N) is 2. The smallest absolute Gasteiger partial charge is 0.416 e. The van der Waals surface area contributed by atoms with Gasteiger partial charge in [-0.2, -0.15) is 13.2 Å². The van der Waals surface area contributed by atoms with Gasteiger partial charge in [-0.1, -0.05) is 0 Å². The molecule has 1 saturated heterocycles. The quantitative estimate of drug-likeness (QED) is 0.790. The first-order chi connectivity index (χ1) is 11.3. The zero-order valence-electron chi connectivity index (χ0n) is 12.8. The number of carbonyl (C=O) groups is 2. The predicted molar refractivity (Wildman–Crippen MR) is 77.5 cm³/mol. The summed E-state index contributed by atoms with van der Waals surface area (Å²) in [7, 11) is 0. The summed E-state index contributed by atoms with van der Waals surface area (Å²) in [5.74, 6) is -1.09. The Morgan fingerprint density at radius 3 is 2.46 bits per heavy atom. The van der Waals surface area contributed by atoms with E-state index in [1.165, 1.54) is 0 Å². The lowest BCUT2D eigenvalue weighted by Crippen LogP contribution is -2.45. The number of carboxylic acid groups (broad SMARTS) is 1. The second-order valence-electron chi connectivity index (χ2n) is 5.42. The number of hydrogen-bond acceptors (Lipinski definition) is 4. The Kier molecular flexibility index (Phi) is 5.66. The minimum atomic E-state index is -4.49. The van der Waals surface area contributed by atoms with E-state index >= 15 is 0 Å². The van der Waals surface area contributed by atoms with Crippen LogP contribution in [0.5, 0.6) is 5.75 Å².